The summed E-state index contributed by atoms with van der Waals surface area (Å²) in [7, 11) is 0. The molecule has 0 aliphatic heterocycles. The second kappa shape index (κ2) is 7.05. The lowest BCUT2D eigenvalue weighted by Crippen LogP contribution is -2.37. The number of nitrogens with zero attached hydrogens (tertiary/aromatic N) is 4. The first-order chi connectivity index (χ1) is 12.8. The van der Waals surface area contributed by atoms with Gasteiger partial charge in [-0.25, -0.2) is 0 Å². The van der Waals surface area contributed by atoms with Crippen molar-refractivity contribution in [2.75, 3.05) is 13.2 Å². The molecule has 0 saturated carbocycles. The standard InChI is InChI=1S/C19H18N4O3/c24-11-10-23(16-8-7-13-4-1-2-6-15(13)16)19(25)17-21-18(26-22-17)14-5-3-9-20-12-14/h1-6,9,12,16,24H,7-8,10-11H2. The molecule has 1 N–H and O–H groups in total. The average molecular weight is 350 g/mol. The molecule has 26 heavy (non-hydrogen) atoms. The highest BCUT2D eigenvalue weighted by Crippen LogP contribution is 2.36. The lowest BCUT2D eigenvalue weighted by Gasteiger charge is -2.28. The fraction of sp³-hybridized carbons (Fsp3) is 0.263. The van der Waals surface area contributed by atoms with Crippen LogP contribution in [0.5, 0.6) is 0 Å². The molecule has 2 aromatic heterocycles. The molecule has 3 aromatic rings. The van der Waals surface area contributed by atoms with E-state index in [1.807, 2.05) is 18.2 Å². The van der Waals surface area contributed by atoms with Crippen molar-refractivity contribution < 1.29 is 14.4 Å². The van der Waals surface area contributed by atoms with Gasteiger partial charge in [-0.2, -0.15) is 4.98 Å². The van der Waals surface area contributed by atoms with Crippen molar-refractivity contribution >= 4 is 5.91 Å². The molecule has 1 amide bonds. The molecule has 1 atom stereocenters. The van der Waals surface area contributed by atoms with Gasteiger partial charge < -0.3 is 14.5 Å². The number of fused-ring (bicyclic) bond motifs is 1. The van der Waals surface area contributed by atoms with Gasteiger partial charge in [0.15, 0.2) is 0 Å². The molecule has 1 unspecified atom stereocenters. The molecule has 0 spiro atoms. The summed E-state index contributed by atoms with van der Waals surface area (Å²) in [4.78, 5) is 22.9. The van der Waals surface area contributed by atoms with Crippen LogP contribution in [0, 0.1) is 0 Å². The number of aliphatic hydroxyl groups is 1. The zero-order valence-electron chi connectivity index (χ0n) is 14.1. The molecule has 7 heteroatoms. The van der Waals surface area contributed by atoms with E-state index in [0.29, 0.717) is 5.56 Å². The smallest absolute Gasteiger partial charge is 0.295 e. The third kappa shape index (κ3) is 2.97. The van der Waals surface area contributed by atoms with E-state index in [1.165, 1.54) is 5.56 Å². The maximum atomic E-state index is 13.0. The number of amides is 1. The Morgan fingerprint density at radius 3 is 2.96 bits per heavy atom. The number of hydrogen-bond acceptors (Lipinski definition) is 6. The Morgan fingerprint density at radius 1 is 1.27 bits per heavy atom. The Morgan fingerprint density at radius 2 is 2.15 bits per heavy atom. The predicted octanol–water partition coefficient (Wildman–Crippen LogP) is 2.25. The van der Waals surface area contributed by atoms with E-state index in [4.69, 9.17) is 4.52 Å². The predicted molar refractivity (Wildman–Crippen MR) is 93.2 cm³/mol. The van der Waals surface area contributed by atoms with E-state index in [-0.39, 0.29) is 36.8 Å². The first-order valence-corrected chi connectivity index (χ1v) is 8.51. The van der Waals surface area contributed by atoms with Gasteiger partial charge >= 0.3 is 0 Å². The summed E-state index contributed by atoms with van der Waals surface area (Å²) in [5.74, 6) is -0.112. The number of benzene rings is 1. The molecule has 1 aromatic carbocycles. The molecule has 7 nitrogen and oxygen atoms in total. The Balaban J connectivity index is 1.62. The van der Waals surface area contributed by atoms with Gasteiger partial charge in [0.05, 0.1) is 18.2 Å². The van der Waals surface area contributed by atoms with Crippen LogP contribution in [0.2, 0.25) is 0 Å². The third-order valence-corrected chi connectivity index (χ3v) is 4.60. The molecule has 0 fully saturated rings. The maximum Gasteiger partial charge on any atom is 0.295 e. The summed E-state index contributed by atoms with van der Waals surface area (Å²) in [5.41, 5.74) is 3.00. The van der Waals surface area contributed by atoms with Crippen LogP contribution in [0.15, 0.2) is 53.3 Å². The number of rotatable bonds is 5. The fourth-order valence-electron chi connectivity index (χ4n) is 3.41. The molecule has 1 aliphatic rings. The second-order valence-corrected chi connectivity index (χ2v) is 6.14. The number of carbonyl (C=O) groups is 1. The molecular weight excluding hydrogens is 332 g/mol. The Bertz CT molecular complexity index is 910. The Labute approximate surface area is 150 Å². The largest absolute Gasteiger partial charge is 0.395 e. The van der Waals surface area contributed by atoms with Crippen LogP contribution in [0.25, 0.3) is 11.5 Å². The van der Waals surface area contributed by atoms with E-state index in [2.05, 4.69) is 21.2 Å². The van der Waals surface area contributed by atoms with Crippen LogP contribution in [-0.2, 0) is 6.42 Å². The van der Waals surface area contributed by atoms with E-state index in [9.17, 15) is 9.90 Å². The van der Waals surface area contributed by atoms with Crippen LogP contribution < -0.4 is 0 Å². The van der Waals surface area contributed by atoms with Crippen molar-refractivity contribution in [2.45, 2.75) is 18.9 Å². The van der Waals surface area contributed by atoms with Crippen LogP contribution in [0.4, 0.5) is 0 Å². The van der Waals surface area contributed by atoms with Gasteiger partial charge in [0.25, 0.3) is 17.6 Å². The summed E-state index contributed by atoms with van der Waals surface area (Å²) in [6.45, 7) is 0.0896. The molecule has 4 rings (SSSR count). The lowest BCUT2D eigenvalue weighted by molar-refractivity contribution is 0.0615. The van der Waals surface area contributed by atoms with Crippen molar-refractivity contribution in [1.29, 1.82) is 0 Å². The van der Waals surface area contributed by atoms with Crippen molar-refractivity contribution in [3.63, 3.8) is 0 Å². The highest BCUT2D eigenvalue weighted by molar-refractivity contribution is 5.91. The topological polar surface area (TPSA) is 92.3 Å². The molecule has 2 heterocycles. The molecule has 132 valence electrons. The van der Waals surface area contributed by atoms with Crippen LogP contribution in [0.3, 0.4) is 0 Å². The summed E-state index contributed by atoms with van der Waals surface area (Å²) in [5, 5.41) is 13.3. The zero-order valence-corrected chi connectivity index (χ0v) is 14.1. The number of aliphatic hydroxyl groups excluding tert-OH is 1. The minimum atomic E-state index is -0.348. The zero-order chi connectivity index (χ0) is 17.9. The van der Waals surface area contributed by atoms with Crippen LogP contribution in [0.1, 0.15) is 34.2 Å². The lowest BCUT2D eigenvalue weighted by atomic mass is 10.1. The molecule has 0 radical (unpaired) electrons. The maximum absolute atomic E-state index is 13.0. The summed E-state index contributed by atoms with van der Waals surface area (Å²) in [6, 6.07) is 11.5. The van der Waals surface area contributed by atoms with E-state index in [1.54, 1.807) is 29.4 Å². The number of aromatic nitrogens is 3. The van der Waals surface area contributed by atoms with Gasteiger partial charge in [-0.15, -0.1) is 0 Å². The van der Waals surface area contributed by atoms with Crippen molar-refractivity contribution in [3.8, 4) is 11.5 Å². The minimum Gasteiger partial charge on any atom is -0.395 e. The Kier molecular flexibility index (Phi) is 4.45. The highest BCUT2D eigenvalue weighted by atomic mass is 16.5. The summed E-state index contributed by atoms with van der Waals surface area (Å²) < 4.78 is 5.22. The summed E-state index contributed by atoms with van der Waals surface area (Å²) in [6.07, 6.45) is 4.97. The fourth-order valence-corrected chi connectivity index (χ4v) is 3.41. The number of pyridine rings is 1. The first-order valence-electron chi connectivity index (χ1n) is 8.51. The monoisotopic (exact) mass is 350 g/mol. The van der Waals surface area contributed by atoms with E-state index in [0.717, 1.165) is 18.4 Å². The second-order valence-electron chi connectivity index (χ2n) is 6.14. The van der Waals surface area contributed by atoms with Gasteiger partial charge in [-0.05, 0) is 36.1 Å². The number of carbonyl (C=O) groups excluding carboxylic acids is 1. The molecule has 0 saturated heterocycles. The van der Waals surface area contributed by atoms with Crippen molar-refractivity contribution in [1.82, 2.24) is 20.0 Å². The quantitative estimate of drug-likeness (QED) is 0.759. The summed E-state index contributed by atoms with van der Waals surface area (Å²) >= 11 is 0. The highest BCUT2D eigenvalue weighted by Gasteiger charge is 2.33. The van der Waals surface area contributed by atoms with E-state index >= 15 is 0 Å². The number of hydrogen-bond donors (Lipinski definition) is 1. The van der Waals surface area contributed by atoms with Crippen molar-refractivity contribution in [2.24, 2.45) is 0 Å². The van der Waals surface area contributed by atoms with Gasteiger partial charge in [-0.3, -0.25) is 9.78 Å². The molecular formula is C19H18N4O3. The van der Waals surface area contributed by atoms with Gasteiger partial charge in [0.2, 0.25) is 0 Å². The van der Waals surface area contributed by atoms with E-state index < -0.39 is 0 Å². The van der Waals surface area contributed by atoms with Gasteiger partial charge in [0.1, 0.15) is 0 Å². The normalized spacial score (nSPS) is 15.7. The van der Waals surface area contributed by atoms with Gasteiger partial charge in [-0.1, -0.05) is 29.4 Å². The molecule has 1 aliphatic carbocycles. The minimum absolute atomic E-state index is 0.0123. The van der Waals surface area contributed by atoms with Gasteiger partial charge in [0, 0.05) is 18.9 Å². The molecule has 0 bridgehead atoms. The van der Waals surface area contributed by atoms with Crippen LogP contribution >= 0.6 is 0 Å². The SMILES string of the molecule is O=C(c1noc(-c2cccnc2)n1)N(CCO)C1CCc2ccccc21. The van der Waals surface area contributed by atoms with Crippen LogP contribution in [-0.4, -0.2) is 44.2 Å². The number of aryl methyl sites for hydroxylation is 1. The Hall–Kier alpha value is -3.06. The van der Waals surface area contributed by atoms with Crippen molar-refractivity contribution in [3.05, 3.63) is 65.7 Å². The first kappa shape index (κ1) is 16.4. The third-order valence-electron chi connectivity index (χ3n) is 4.60. The average Bonchev–Trinajstić information content (AvgIpc) is 3.34.